The fourth-order valence-electron chi connectivity index (χ4n) is 2.34. The molecule has 0 amide bonds. The third-order valence-corrected chi connectivity index (χ3v) is 4.95. The molecule has 8 heteroatoms. The number of hydrogen-bond acceptors (Lipinski definition) is 7. The number of nitriles is 1. The van der Waals surface area contributed by atoms with Crippen molar-refractivity contribution in [3.05, 3.63) is 59.2 Å². The van der Waals surface area contributed by atoms with Gasteiger partial charge in [0.2, 0.25) is 0 Å². The molecular formula is C21H21NO6S. The van der Waals surface area contributed by atoms with E-state index in [0.29, 0.717) is 5.56 Å². The number of benzene rings is 2. The number of carbonyl (C=O) groups is 1. The number of rotatable bonds is 8. The average Bonchev–Trinajstić information content (AvgIpc) is 2.68. The Hall–Kier alpha value is -3.31. The molecule has 7 nitrogen and oxygen atoms in total. The topological polar surface area (TPSA) is 103 Å². The molecule has 0 aliphatic carbocycles. The van der Waals surface area contributed by atoms with E-state index >= 15 is 0 Å². The summed E-state index contributed by atoms with van der Waals surface area (Å²) < 4.78 is 40.7. The molecule has 0 N–H and O–H groups in total. The van der Waals surface area contributed by atoms with E-state index in [9.17, 15) is 13.2 Å². The second-order valence-corrected chi connectivity index (χ2v) is 7.43. The molecule has 152 valence electrons. The highest BCUT2D eigenvalue weighted by Gasteiger charge is 2.19. The summed E-state index contributed by atoms with van der Waals surface area (Å²) in [5.41, 5.74) is 1.19. The highest BCUT2D eigenvalue weighted by molar-refractivity contribution is 7.87. The van der Waals surface area contributed by atoms with Crippen LogP contribution in [0.5, 0.6) is 11.5 Å². The number of esters is 1. The van der Waals surface area contributed by atoms with Gasteiger partial charge in [0.05, 0.1) is 13.2 Å². The van der Waals surface area contributed by atoms with Crippen LogP contribution < -0.4 is 8.92 Å². The third kappa shape index (κ3) is 5.83. The van der Waals surface area contributed by atoms with Crippen molar-refractivity contribution in [2.24, 2.45) is 0 Å². The van der Waals surface area contributed by atoms with Crippen LogP contribution >= 0.6 is 0 Å². The molecule has 0 heterocycles. The number of hydrogen-bond donors (Lipinski definition) is 0. The van der Waals surface area contributed by atoms with Crippen molar-refractivity contribution >= 4 is 22.2 Å². The van der Waals surface area contributed by atoms with Gasteiger partial charge >= 0.3 is 16.1 Å². The lowest BCUT2D eigenvalue weighted by molar-refractivity contribution is -0.137. The lowest BCUT2D eigenvalue weighted by Crippen LogP contribution is -2.11. The van der Waals surface area contributed by atoms with E-state index in [-0.39, 0.29) is 35.2 Å². The van der Waals surface area contributed by atoms with Crippen LogP contribution in [0.3, 0.4) is 0 Å². The smallest absolute Gasteiger partial charge is 0.348 e. The van der Waals surface area contributed by atoms with Crippen LogP contribution in [0.4, 0.5) is 0 Å². The number of nitrogens with zero attached hydrogens (tertiary/aromatic N) is 1. The van der Waals surface area contributed by atoms with E-state index in [2.05, 4.69) is 0 Å². The lowest BCUT2D eigenvalue weighted by Gasteiger charge is -2.13. The van der Waals surface area contributed by atoms with E-state index in [1.807, 2.05) is 6.92 Å². The summed E-state index contributed by atoms with van der Waals surface area (Å²) >= 11 is 0. The minimum absolute atomic E-state index is 0.000725. The van der Waals surface area contributed by atoms with Gasteiger partial charge < -0.3 is 13.7 Å². The summed E-state index contributed by atoms with van der Waals surface area (Å²) in [7, 11) is -4.05. The van der Waals surface area contributed by atoms with Gasteiger partial charge in [-0.25, -0.2) is 4.79 Å². The monoisotopic (exact) mass is 415 g/mol. The van der Waals surface area contributed by atoms with Gasteiger partial charge in [0.1, 0.15) is 16.5 Å². The van der Waals surface area contributed by atoms with E-state index in [4.69, 9.17) is 18.9 Å². The van der Waals surface area contributed by atoms with Gasteiger partial charge in [0, 0.05) is 0 Å². The van der Waals surface area contributed by atoms with E-state index in [0.717, 1.165) is 5.56 Å². The maximum absolute atomic E-state index is 12.5. The zero-order chi connectivity index (χ0) is 21.4. The summed E-state index contributed by atoms with van der Waals surface area (Å²) in [6.45, 7) is 5.63. The van der Waals surface area contributed by atoms with Gasteiger partial charge in [-0.2, -0.15) is 13.7 Å². The molecule has 0 aliphatic heterocycles. The van der Waals surface area contributed by atoms with Gasteiger partial charge in [-0.1, -0.05) is 23.8 Å². The Morgan fingerprint density at radius 3 is 2.34 bits per heavy atom. The zero-order valence-corrected chi connectivity index (χ0v) is 17.2. The second-order valence-electron chi connectivity index (χ2n) is 5.88. The molecule has 0 radical (unpaired) electrons. The Morgan fingerprint density at radius 2 is 1.76 bits per heavy atom. The zero-order valence-electron chi connectivity index (χ0n) is 16.3. The molecule has 2 rings (SSSR count). The quantitative estimate of drug-likeness (QED) is 0.281. The number of aryl methyl sites for hydroxylation is 1. The maximum Gasteiger partial charge on any atom is 0.348 e. The Kier molecular flexibility index (Phi) is 7.39. The van der Waals surface area contributed by atoms with E-state index < -0.39 is 16.1 Å². The van der Waals surface area contributed by atoms with Crippen molar-refractivity contribution in [2.75, 3.05) is 13.2 Å². The van der Waals surface area contributed by atoms with Crippen LogP contribution in [0.15, 0.2) is 52.9 Å². The standard InChI is InChI=1S/C21H21NO6S/c1-4-26-20-13-16(12-17(14-22)21(23)27-5-2)8-11-19(20)28-29(24,25)18-9-6-15(3)7-10-18/h6-13H,4-5H2,1-3H3. The van der Waals surface area contributed by atoms with Crippen molar-refractivity contribution in [3.63, 3.8) is 0 Å². The summed E-state index contributed by atoms with van der Waals surface area (Å²) in [6, 6.07) is 12.5. The Balaban J connectivity index is 2.38. The highest BCUT2D eigenvalue weighted by atomic mass is 32.2. The molecule has 0 atom stereocenters. The van der Waals surface area contributed by atoms with Crippen molar-refractivity contribution in [3.8, 4) is 17.6 Å². The van der Waals surface area contributed by atoms with Crippen molar-refractivity contribution in [2.45, 2.75) is 25.7 Å². The molecular weight excluding hydrogens is 394 g/mol. The van der Waals surface area contributed by atoms with Gasteiger partial charge in [0.25, 0.3) is 0 Å². The molecule has 0 unspecified atom stereocenters. The van der Waals surface area contributed by atoms with E-state index in [1.165, 1.54) is 36.4 Å². The average molecular weight is 415 g/mol. The fraction of sp³-hybridized carbons (Fsp3) is 0.238. The normalized spacial score (nSPS) is 11.4. The predicted molar refractivity (Wildman–Crippen MR) is 107 cm³/mol. The highest BCUT2D eigenvalue weighted by Crippen LogP contribution is 2.32. The minimum Gasteiger partial charge on any atom is -0.490 e. The molecule has 0 aromatic heterocycles. The molecule has 2 aromatic carbocycles. The van der Waals surface area contributed by atoms with Crippen LogP contribution in [-0.4, -0.2) is 27.6 Å². The van der Waals surface area contributed by atoms with Crippen LogP contribution in [0, 0.1) is 18.3 Å². The van der Waals surface area contributed by atoms with Crippen molar-refractivity contribution in [1.29, 1.82) is 5.26 Å². The second kappa shape index (κ2) is 9.75. The van der Waals surface area contributed by atoms with Crippen LogP contribution in [0.25, 0.3) is 6.08 Å². The molecule has 0 saturated carbocycles. The van der Waals surface area contributed by atoms with Gasteiger partial charge in [-0.05, 0) is 56.7 Å². The maximum atomic E-state index is 12.5. The van der Waals surface area contributed by atoms with E-state index in [1.54, 1.807) is 32.0 Å². The summed E-state index contributed by atoms with van der Waals surface area (Å²) in [5.74, 6) is -0.576. The predicted octanol–water partition coefficient (Wildman–Crippen LogP) is 3.63. The van der Waals surface area contributed by atoms with Crippen molar-refractivity contribution < 1.29 is 26.9 Å². The van der Waals surface area contributed by atoms with Gasteiger partial charge in [-0.15, -0.1) is 0 Å². The fourth-order valence-corrected chi connectivity index (χ4v) is 3.27. The summed E-state index contributed by atoms with van der Waals surface area (Å²) in [6.07, 6.45) is 1.33. The molecule has 0 bridgehead atoms. The first-order chi connectivity index (χ1) is 13.8. The molecule has 29 heavy (non-hydrogen) atoms. The SMILES string of the molecule is CCOC(=O)C(C#N)=Cc1ccc(OS(=O)(=O)c2ccc(C)cc2)c(OCC)c1. The first-order valence-electron chi connectivity index (χ1n) is 8.87. The van der Waals surface area contributed by atoms with Gasteiger partial charge in [-0.3, -0.25) is 0 Å². The number of ether oxygens (including phenoxy) is 2. The summed E-state index contributed by atoms with van der Waals surface area (Å²) in [5, 5.41) is 9.16. The molecule has 0 aliphatic rings. The summed E-state index contributed by atoms with van der Waals surface area (Å²) in [4.78, 5) is 11.8. The van der Waals surface area contributed by atoms with Crippen LogP contribution in [0.1, 0.15) is 25.0 Å². The number of carbonyl (C=O) groups excluding carboxylic acids is 1. The first-order valence-corrected chi connectivity index (χ1v) is 10.3. The third-order valence-electron chi connectivity index (χ3n) is 3.70. The Morgan fingerprint density at radius 1 is 1.07 bits per heavy atom. The van der Waals surface area contributed by atoms with Crippen molar-refractivity contribution in [1.82, 2.24) is 0 Å². The Labute approximate surface area is 170 Å². The minimum atomic E-state index is -4.05. The molecule has 0 spiro atoms. The van der Waals surface area contributed by atoms with Crippen LogP contribution in [0.2, 0.25) is 0 Å². The molecule has 0 saturated heterocycles. The largest absolute Gasteiger partial charge is 0.490 e. The Bertz CT molecular complexity index is 1050. The van der Waals surface area contributed by atoms with Crippen LogP contribution in [-0.2, 0) is 19.6 Å². The molecule has 0 fully saturated rings. The lowest BCUT2D eigenvalue weighted by atomic mass is 10.1. The first kappa shape index (κ1) is 22.0. The van der Waals surface area contributed by atoms with Gasteiger partial charge in [0.15, 0.2) is 11.5 Å². The molecule has 2 aromatic rings.